The number of halogens is 1. The summed E-state index contributed by atoms with van der Waals surface area (Å²) in [5.74, 6) is -1.48. The van der Waals surface area contributed by atoms with E-state index in [1.165, 1.54) is 18.2 Å². The van der Waals surface area contributed by atoms with Gasteiger partial charge in [0.2, 0.25) is 5.91 Å². The van der Waals surface area contributed by atoms with Crippen LogP contribution in [0.2, 0.25) is 0 Å². The number of nitrogens with zero attached hydrogens (tertiary/aromatic N) is 1. The van der Waals surface area contributed by atoms with Gasteiger partial charge in [0.15, 0.2) is 0 Å². The highest BCUT2D eigenvalue weighted by Crippen LogP contribution is 2.19. The van der Waals surface area contributed by atoms with Crippen LogP contribution in [0.1, 0.15) is 10.5 Å². The van der Waals surface area contributed by atoms with Crippen molar-refractivity contribution < 1.29 is 18.8 Å². The maximum absolute atomic E-state index is 13.8. The highest BCUT2D eigenvalue weighted by molar-refractivity contribution is 6.01. The van der Waals surface area contributed by atoms with Crippen molar-refractivity contribution in [3.05, 3.63) is 66.1 Å². The number of fused-ring (bicyclic) bond motifs is 1. The largest absolute Gasteiger partial charge is 0.348 e. The van der Waals surface area contributed by atoms with Gasteiger partial charge in [0.25, 0.3) is 5.91 Å². The monoisotopic (exact) mass is 353 g/mol. The molecule has 0 saturated carbocycles. The number of hydrogen-bond donors (Lipinski definition) is 2. The second kappa shape index (κ2) is 7.60. The first kappa shape index (κ1) is 17.3. The highest BCUT2D eigenvalue weighted by Gasteiger charge is 2.21. The number of rotatable bonds is 6. The Morgan fingerprint density at radius 2 is 1.88 bits per heavy atom. The van der Waals surface area contributed by atoms with Crippen molar-refractivity contribution in [3.63, 3.8) is 0 Å². The Bertz CT molecular complexity index is 953. The van der Waals surface area contributed by atoms with Gasteiger partial charge in [0, 0.05) is 11.1 Å². The molecule has 2 aromatic carbocycles. The van der Waals surface area contributed by atoms with Crippen molar-refractivity contribution in [1.29, 1.82) is 0 Å². The third-order valence-electron chi connectivity index (χ3n) is 3.81. The van der Waals surface area contributed by atoms with Gasteiger partial charge in [0.05, 0.1) is 12.1 Å². The van der Waals surface area contributed by atoms with E-state index in [1.807, 2.05) is 6.07 Å². The van der Waals surface area contributed by atoms with Crippen LogP contribution in [0, 0.1) is 5.82 Å². The Kier molecular flexibility index (Phi) is 5.07. The van der Waals surface area contributed by atoms with Gasteiger partial charge in [-0.05, 0) is 24.3 Å². The van der Waals surface area contributed by atoms with E-state index < -0.39 is 17.6 Å². The summed E-state index contributed by atoms with van der Waals surface area (Å²) in [7, 11) is 0. The molecule has 0 spiro atoms. The van der Waals surface area contributed by atoms with Crippen LogP contribution in [-0.2, 0) is 9.59 Å². The lowest BCUT2D eigenvalue weighted by molar-refractivity contribution is -0.117. The van der Waals surface area contributed by atoms with Crippen molar-refractivity contribution in [2.24, 2.45) is 0 Å². The summed E-state index contributed by atoms with van der Waals surface area (Å²) in [6.45, 7) is -0.552. The summed E-state index contributed by atoms with van der Waals surface area (Å²) in [5, 5.41) is 3.19. The Morgan fingerprint density at radius 3 is 2.58 bits per heavy atom. The average molecular weight is 353 g/mol. The number of aromatic amines is 1. The van der Waals surface area contributed by atoms with Crippen molar-refractivity contribution in [3.8, 4) is 0 Å². The van der Waals surface area contributed by atoms with E-state index in [0.29, 0.717) is 17.4 Å². The van der Waals surface area contributed by atoms with Gasteiger partial charge in [-0.1, -0.05) is 30.3 Å². The molecule has 1 heterocycles. The maximum Gasteiger partial charge on any atom is 0.271 e. The SMILES string of the molecule is O=CCN(CC(=O)Nc1ccccc1)C(=O)c1cc2cccc(F)c2[nH]1. The van der Waals surface area contributed by atoms with Crippen molar-refractivity contribution >= 4 is 34.7 Å². The molecule has 132 valence electrons. The fourth-order valence-electron chi connectivity index (χ4n) is 2.61. The molecule has 0 atom stereocenters. The molecule has 2 N–H and O–H groups in total. The number of nitrogens with one attached hydrogen (secondary N) is 2. The molecule has 0 aliphatic rings. The molecule has 0 aliphatic heterocycles. The molecule has 3 rings (SSSR count). The van der Waals surface area contributed by atoms with Crippen LogP contribution in [0.15, 0.2) is 54.6 Å². The molecule has 0 radical (unpaired) electrons. The van der Waals surface area contributed by atoms with Crippen LogP contribution < -0.4 is 5.32 Å². The van der Waals surface area contributed by atoms with E-state index in [-0.39, 0.29) is 24.3 Å². The van der Waals surface area contributed by atoms with E-state index >= 15 is 0 Å². The Morgan fingerprint density at radius 1 is 1.12 bits per heavy atom. The number of H-pyrrole nitrogens is 1. The van der Waals surface area contributed by atoms with Crippen molar-refractivity contribution in [2.45, 2.75) is 0 Å². The molecule has 26 heavy (non-hydrogen) atoms. The zero-order valence-corrected chi connectivity index (χ0v) is 13.7. The van der Waals surface area contributed by atoms with E-state index in [0.717, 1.165) is 4.90 Å². The number of amides is 2. The van der Waals surface area contributed by atoms with E-state index in [4.69, 9.17) is 0 Å². The second-order valence-corrected chi connectivity index (χ2v) is 5.65. The van der Waals surface area contributed by atoms with Crippen LogP contribution >= 0.6 is 0 Å². The Hall–Kier alpha value is -3.48. The van der Waals surface area contributed by atoms with Gasteiger partial charge in [-0.3, -0.25) is 9.59 Å². The third-order valence-corrected chi connectivity index (χ3v) is 3.81. The lowest BCUT2D eigenvalue weighted by atomic mass is 10.2. The standard InChI is InChI=1S/C19H16FN3O3/c20-15-8-4-5-13-11-16(22-18(13)15)19(26)23(9-10-24)12-17(25)21-14-6-2-1-3-7-14/h1-8,10-11,22H,9,12H2,(H,21,25). The number of hydrogen-bond acceptors (Lipinski definition) is 3. The van der Waals surface area contributed by atoms with Crippen LogP contribution in [0.25, 0.3) is 10.9 Å². The fourth-order valence-corrected chi connectivity index (χ4v) is 2.61. The Balaban J connectivity index is 1.77. The molecule has 0 saturated heterocycles. The summed E-state index contributed by atoms with van der Waals surface area (Å²) in [6.07, 6.45) is 0.539. The van der Waals surface area contributed by atoms with Crippen LogP contribution in [-0.4, -0.2) is 41.1 Å². The van der Waals surface area contributed by atoms with Gasteiger partial charge in [-0.25, -0.2) is 4.39 Å². The minimum atomic E-state index is -0.559. The van der Waals surface area contributed by atoms with E-state index in [1.54, 1.807) is 30.3 Å². The van der Waals surface area contributed by atoms with Crippen LogP contribution in [0.3, 0.4) is 0 Å². The van der Waals surface area contributed by atoms with Crippen LogP contribution in [0.5, 0.6) is 0 Å². The fraction of sp³-hybridized carbons (Fsp3) is 0.105. The third kappa shape index (κ3) is 3.77. The summed E-state index contributed by atoms with van der Waals surface area (Å²) >= 11 is 0. The topological polar surface area (TPSA) is 82.3 Å². The molecule has 2 amide bonds. The molecule has 6 nitrogen and oxygen atoms in total. The molecular formula is C19H16FN3O3. The van der Waals surface area contributed by atoms with E-state index in [2.05, 4.69) is 10.3 Å². The number of para-hydroxylation sites is 2. The first-order valence-electron chi connectivity index (χ1n) is 7.93. The zero-order valence-electron chi connectivity index (χ0n) is 13.7. The maximum atomic E-state index is 13.8. The van der Waals surface area contributed by atoms with E-state index in [9.17, 15) is 18.8 Å². The molecule has 0 aliphatic carbocycles. The molecule has 3 aromatic rings. The number of aromatic nitrogens is 1. The summed E-state index contributed by atoms with van der Waals surface area (Å²) in [4.78, 5) is 39.5. The molecular weight excluding hydrogens is 337 g/mol. The molecule has 0 fully saturated rings. The minimum absolute atomic E-state index is 0.111. The second-order valence-electron chi connectivity index (χ2n) is 5.65. The first-order chi connectivity index (χ1) is 12.6. The number of carbonyl (C=O) groups excluding carboxylic acids is 3. The van der Waals surface area contributed by atoms with Crippen LogP contribution in [0.4, 0.5) is 10.1 Å². The summed E-state index contributed by atoms with van der Waals surface area (Å²) < 4.78 is 13.8. The average Bonchev–Trinajstić information content (AvgIpc) is 3.07. The minimum Gasteiger partial charge on any atom is -0.348 e. The number of benzene rings is 2. The van der Waals surface area contributed by atoms with Gasteiger partial charge in [0.1, 0.15) is 24.3 Å². The molecule has 0 unspecified atom stereocenters. The zero-order chi connectivity index (χ0) is 18.5. The molecule has 0 bridgehead atoms. The van der Waals surface area contributed by atoms with Gasteiger partial charge in [-0.15, -0.1) is 0 Å². The summed E-state index contributed by atoms with van der Waals surface area (Å²) in [5.41, 5.74) is 0.902. The summed E-state index contributed by atoms with van der Waals surface area (Å²) in [6, 6.07) is 14.7. The predicted molar refractivity (Wildman–Crippen MR) is 95.3 cm³/mol. The highest BCUT2D eigenvalue weighted by atomic mass is 19.1. The van der Waals surface area contributed by atoms with Crippen molar-refractivity contribution in [1.82, 2.24) is 9.88 Å². The first-order valence-corrected chi connectivity index (χ1v) is 7.93. The normalized spacial score (nSPS) is 10.5. The Labute approximate surface area is 148 Å². The lowest BCUT2D eigenvalue weighted by Gasteiger charge is -2.19. The molecule has 7 heteroatoms. The quantitative estimate of drug-likeness (QED) is 0.668. The number of aldehydes is 1. The van der Waals surface area contributed by atoms with Gasteiger partial charge >= 0.3 is 0 Å². The smallest absolute Gasteiger partial charge is 0.271 e. The number of anilines is 1. The van der Waals surface area contributed by atoms with Gasteiger partial charge < -0.3 is 20.0 Å². The number of carbonyl (C=O) groups is 3. The van der Waals surface area contributed by atoms with Crippen molar-refractivity contribution in [2.75, 3.05) is 18.4 Å². The molecule has 1 aromatic heterocycles. The van der Waals surface area contributed by atoms with Gasteiger partial charge in [-0.2, -0.15) is 0 Å². The predicted octanol–water partition coefficient (Wildman–Crippen LogP) is 2.59. The lowest BCUT2D eigenvalue weighted by Crippen LogP contribution is -2.39.